The molecule has 17 heavy (non-hydrogen) atoms. The van der Waals surface area contributed by atoms with E-state index in [1.54, 1.807) is 19.2 Å². The van der Waals surface area contributed by atoms with Crippen molar-refractivity contribution in [2.24, 2.45) is 5.73 Å². The molecule has 1 aromatic carbocycles. The molecule has 0 aromatic heterocycles. The molecule has 1 unspecified atom stereocenters. The smallest absolute Gasteiger partial charge is 0.390 e. The van der Waals surface area contributed by atoms with Crippen LogP contribution in [0.3, 0.4) is 0 Å². The summed E-state index contributed by atoms with van der Waals surface area (Å²) in [5.74, 6) is 0.730. The number of alkyl halides is 3. The standard InChI is InChI=1S/C12H16F3NO/c1-17-11-6-3-9(4-7-11)2-5-10(16)8-12(13,14)15/h3-4,6-7,10H,2,5,8,16H2,1H3. The highest BCUT2D eigenvalue weighted by molar-refractivity contribution is 5.27. The molecule has 2 N–H and O–H groups in total. The largest absolute Gasteiger partial charge is 0.497 e. The van der Waals surface area contributed by atoms with Gasteiger partial charge in [-0.05, 0) is 30.5 Å². The first-order chi connectivity index (χ1) is 7.90. The van der Waals surface area contributed by atoms with Crippen LogP contribution >= 0.6 is 0 Å². The molecule has 0 amide bonds. The Labute approximate surface area is 98.6 Å². The fraction of sp³-hybridized carbons (Fsp3) is 0.500. The van der Waals surface area contributed by atoms with Crippen molar-refractivity contribution in [1.29, 1.82) is 0 Å². The Bertz CT molecular complexity index is 335. The third-order valence-corrected chi connectivity index (χ3v) is 2.46. The normalized spacial score (nSPS) is 13.5. The summed E-state index contributed by atoms with van der Waals surface area (Å²) in [6, 6.07) is 6.39. The van der Waals surface area contributed by atoms with Crippen LogP contribution in [0, 0.1) is 0 Å². The molecule has 5 heteroatoms. The van der Waals surface area contributed by atoms with Gasteiger partial charge < -0.3 is 10.5 Å². The van der Waals surface area contributed by atoms with E-state index in [4.69, 9.17) is 10.5 Å². The second kappa shape index (κ2) is 5.91. The highest BCUT2D eigenvalue weighted by atomic mass is 19.4. The van der Waals surface area contributed by atoms with Gasteiger partial charge in [0.2, 0.25) is 0 Å². The minimum Gasteiger partial charge on any atom is -0.497 e. The highest BCUT2D eigenvalue weighted by Gasteiger charge is 2.29. The van der Waals surface area contributed by atoms with Crippen molar-refractivity contribution in [3.05, 3.63) is 29.8 Å². The molecule has 0 radical (unpaired) electrons. The summed E-state index contributed by atoms with van der Waals surface area (Å²) in [4.78, 5) is 0. The van der Waals surface area contributed by atoms with Gasteiger partial charge in [0.25, 0.3) is 0 Å². The summed E-state index contributed by atoms with van der Waals surface area (Å²) in [6.07, 6.45) is -4.24. The Kier molecular flexibility index (Phi) is 4.81. The molecule has 0 bridgehead atoms. The molecule has 0 heterocycles. The van der Waals surface area contributed by atoms with Crippen LogP contribution in [0.2, 0.25) is 0 Å². The molecule has 1 rings (SSSR count). The van der Waals surface area contributed by atoms with Crippen LogP contribution < -0.4 is 10.5 Å². The van der Waals surface area contributed by atoms with Crippen LogP contribution in [-0.4, -0.2) is 19.3 Å². The Morgan fingerprint density at radius 3 is 2.29 bits per heavy atom. The van der Waals surface area contributed by atoms with Gasteiger partial charge in [-0.3, -0.25) is 0 Å². The number of hydrogen-bond acceptors (Lipinski definition) is 2. The summed E-state index contributed by atoms with van der Waals surface area (Å²) in [5.41, 5.74) is 6.38. The van der Waals surface area contributed by atoms with Gasteiger partial charge in [0.05, 0.1) is 13.5 Å². The molecule has 0 fully saturated rings. The van der Waals surface area contributed by atoms with Crippen molar-refractivity contribution in [3.63, 3.8) is 0 Å². The zero-order chi connectivity index (χ0) is 12.9. The molecule has 0 saturated carbocycles. The number of halogens is 3. The summed E-state index contributed by atoms with van der Waals surface area (Å²) < 4.78 is 41.1. The molecular formula is C12H16F3NO. The van der Waals surface area contributed by atoms with Gasteiger partial charge in [-0.2, -0.15) is 13.2 Å². The van der Waals surface area contributed by atoms with E-state index in [-0.39, 0.29) is 0 Å². The van der Waals surface area contributed by atoms with Crippen molar-refractivity contribution in [2.45, 2.75) is 31.5 Å². The second-order valence-electron chi connectivity index (χ2n) is 3.97. The minimum absolute atomic E-state index is 0.325. The van der Waals surface area contributed by atoms with Gasteiger partial charge in [0.15, 0.2) is 0 Å². The van der Waals surface area contributed by atoms with E-state index in [0.717, 1.165) is 11.3 Å². The number of nitrogens with two attached hydrogens (primary N) is 1. The van der Waals surface area contributed by atoms with Crippen molar-refractivity contribution >= 4 is 0 Å². The van der Waals surface area contributed by atoms with E-state index in [1.807, 2.05) is 12.1 Å². The summed E-state index contributed by atoms with van der Waals surface area (Å²) in [6.45, 7) is 0. The number of aryl methyl sites for hydroxylation is 1. The zero-order valence-electron chi connectivity index (χ0n) is 9.63. The van der Waals surface area contributed by atoms with Crippen LogP contribution in [0.15, 0.2) is 24.3 Å². The van der Waals surface area contributed by atoms with E-state index < -0.39 is 18.6 Å². The number of methoxy groups -OCH3 is 1. The van der Waals surface area contributed by atoms with Crippen molar-refractivity contribution in [1.82, 2.24) is 0 Å². The third kappa shape index (κ3) is 5.58. The first-order valence-corrected chi connectivity index (χ1v) is 5.36. The van der Waals surface area contributed by atoms with E-state index in [2.05, 4.69) is 0 Å². The van der Waals surface area contributed by atoms with Crippen molar-refractivity contribution < 1.29 is 17.9 Å². The Hall–Kier alpha value is -1.23. The number of rotatable bonds is 5. The molecule has 96 valence electrons. The predicted octanol–water partition coefficient (Wildman–Crippen LogP) is 2.91. The van der Waals surface area contributed by atoms with Gasteiger partial charge in [0.1, 0.15) is 5.75 Å². The molecule has 0 aliphatic heterocycles. The van der Waals surface area contributed by atoms with Crippen LogP contribution in [0.25, 0.3) is 0 Å². The zero-order valence-corrected chi connectivity index (χ0v) is 9.63. The SMILES string of the molecule is COc1ccc(CCC(N)CC(F)(F)F)cc1. The maximum atomic E-state index is 12.0. The topological polar surface area (TPSA) is 35.2 Å². The quantitative estimate of drug-likeness (QED) is 0.868. The van der Waals surface area contributed by atoms with Gasteiger partial charge in [-0.15, -0.1) is 0 Å². The number of benzene rings is 1. The highest BCUT2D eigenvalue weighted by Crippen LogP contribution is 2.22. The van der Waals surface area contributed by atoms with Crippen LogP contribution in [0.4, 0.5) is 13.2 Å². The minimum atomic E-state index is -4.18. The van der Waals surface area contributed by atoms with Crippen LogP contribution in [-0.2, 0) is 6.42 Å². The molecular weight excluding hydrogens is 231 g/mol. The molecule has 0 saturated heterocycles. The van der Waals surface area contributed by atoms with Crippen molar-refractivity contribution in [2.75, 3.05) is 7.11 Å². The lowest BCUT2D eigenvalue weighted by molar-refractivity contribution is -0.138. The van der Waals surface area contributed by atoms with E-state index in [9.17, 15) is 13.2 Å². The lowest BCUT2D eigenvalue weighted by atomic mass is 10.0. The first-order valence-electron chi connectivity index (χ1n) is 5.36. The number of hydrogen-bond donors (Lipinski definition) is 1. The molecule has 1 atom stereocenters. The summed E-state index contributed by atoms with van der Waals surface area (Å²) in [7, 11) is 1.56. The molecule has 1 aromatic rings. The lowest BCUT2D eigenvalue weighted by Gasteiger charge is -2.13. The van der Waals surface area contributed by atoms with E-state index in [1.165, 1.54) is 0 Å². The van der Waals surface area contributed by atoms with Gasteiger partial charge >= 0.3 is 6.18 Å². The Balaban J connectivity index is 2.39. The van der Waals surface area contributed by atoms with Crippen molar-refractivity contribution in [3.8, 4) is 5.75 Å². The molecule has 2 nitrogen and oxygen atoms in total. The average molecular weight is 247 g/mol. The molecule has 0 aliphatic carbocycles. The lowest BCUT2D eigenvalue weighted by Crippen LogP contribution is -2.28. The predicted molar refractivity (Wildman–Crippen MR) is 60.0 cm³/mol. The van der Waals surface area contributed by atoms with Gasteiger partial charge in [-0.1, -0.05) is 12.1 Å². The summed E-state index contributed by atoms with van der Waals surface area (Å²) in [5, 5.41) is 0. The van der Waals surface area contributed by atoms with Gasteiger partial charge in [0, 0.05) is 6.04 Å². The maximum absolute atomic E-state index is 12.0. The second-order valence-corrected chi connectivity index (χ2v) is 3.97. The third-order valence-electron chi connectivity index (χ3n) is 2.46. The average Bonchev–Trinajstić information content (AvgIpc) is 2.25. The van der Waals surface area contributed by atoms with E-state index in [0.29, 0.717) is 12.8 Å². The summed E-state index contributed by atoms with van der Waals surface area (Å²) >= 11 is 0. The Morgan fingerprint density at radius 1 is 1.24 bits per heavy atom. The maximum Gasteiger partial charge on any atom is 0.390 e. The fourth-order valence-electron chi connectivity index (χ4n) is 1.54. The van der Waals surface area contributed by atoms with Crippen LogP contribution in [0.1, 0.15) is 18.4 Å². The number of ether oxygens (including phenoxy) is 1. The van der Waals surface area contributed by atoms with E-state index >= 15 is 0 Å². The van der Waals surface area contributed by atoms with Crippen LogP contribution in [0.5, 0.6) is 5.75 Å². The Morgan fingerprint density at radius 2 is 1.82 bits per heavy atom. The monoisotopic (exact) mass is 247 g/mol. The molecule has 0 spiro atoms. The fourth-order valence-corrected chi connectivity index (χ4v) is 1.54. The molecule has 0 aliphatic rings. The van der Waals surface area contributed by atoms with Gasteiger partial charge in [-0.25, -0.2) is 0 Å². The first kappa shape index (κ1) is 13.8.